The van der Waals surface area contributed by atoms with Crippen LogP contribution in [0.25, 0.3) is 0 Å². The first-order chi connectivity index (χ1) is 11.5. The minimum atomic E-state index is -2.90. The topological polar surface area (TPSA) is 61.2 Å². The summed E-state index contributed by atoms with van der Waals surface area (Å²) in [6.07, 6.45) is 3.39. The maximum Gasteiger partial charge on any atom is 0.211 e. The molecule has 0 N–H and O–H groups in total. The summed E-state index contributed by atoms with van der Waals surface area (Å²) in [5.74, 6) is 0.537. The molecule has 1 aliphatic heterocycles. The van der Waals surface area contributed by atoms with Crippen LogP contribution in [-0.2, 0) is 10.0 Å². The van der Waals surface area contributed by atoms with Gasteiger partial charge in [0, 0.05) is 13.1 Å². The lowest BCUT2D eigenvalue weighted by Crippen LogP contribution is -2.27. The third-order valence-corrected chi connectivity index (χ3v) is 5.29. The van der Waals surface area contributed by atoms with Gasteiger partial charge < -0.3 is 0 Å². The number of aryl methyl sites for hydroxylation is 1. The van der Waals surface area contributed by atoms with Gasteiger partial charge in [-0.3, -0.25) is 0 Å². The molecule has 6 heteroatoms. The summed E-state index contributed by atoms with van der Waals surface area (Å²) >= 11 is 5.71. The fourth-order valence-corrected chi connectivity index (χ4v) is 3.15. The van der Waals surface area contributed by atoms with Gasteiger partial charge in [0.05, 0.1) is 16.8 Å². The lowest BCUT2D eigenvalue weighted by Gasteiger charge is -2.10. The fourth-order valence-electron chi connectivity index (χ4n) is 1.91. The zero-order chi connectivity index (χ0) is 19.6. The van der Waals surface area contributed by atoms with E-state index in [9.17, 15) is 8.42 Å². The zero-order valence-electron chi connectivity index (χ0n) is 15.8. The highest BCUT2D eigenvalue weighted by molar-refractivity contribution is 7.88. The van der Waals surface area contributed by atoms with Crippen molar-refractivity contribution in [2.75, 3.05) is 19.3 Å². The van der Waals surface area contributed by atoms with Crippen molar-refractivity contribution in [3.8, 4) is 6.07 Å². The second-order valence-electron chi connectivity index (χ2n) is 6.42. The molecule has 1 fully saturated rings. The van der Waals surface area contributed by atoms with E-state index in [1.165, 1.54) is 16.1 Å². The van der Waals surface area contributed by atoms with E-state index in [-0.39, 0.29) is 0 Å². The Morgan fingerprint density at radius 3 is 2.32 bits per heavy atom. The number of rotatable bonds is 2. The first-order valence-electron chi connectivity index (χ1n) is 8.27. The lowest BCUT2D eigenvalue weighted by atomic mass is 10.2. The molecule has 0 aliphatic carbocycles. The number of benzene rings is 1. The molecular weight excluding hydrogens is 356 g/mol. The summed E-state index contributed by atoms with van der Waals surface area (Å²) in [5.41, 5.74) is 2.86. The van der Waals surface area contributed by atoms with Gasteiger partial charge in [0.2, 0.25) is 10.0 Å². The number of nitriles is 1. The highest BCUT2D eigenvalue weighted by Crippen LogP contribution is 2.17. The van der Waals surface area contributed by atoms with Crippen LogP contribution in [0.3, 0.4) is 0 Å². The molecule has 2 rings (SSSR count). The monoisotopic (exact) mass is 384 g/mol. The molecule has 1 unspecified atom stereocenters. The van der Waals surface area contributed by atoms with Crippen LogP contribution in [0.1, 0.15) is 44.7 Å². The molecule has 0 amide bonds. The molecule has 1 aromatic rings. The standard InChI is InChI=1S/C8H6ClN.C6H13NO2S.C5H10/c1-6-2-3-7(5-10)8(9)4-6;1-6-3-4-7(5-6)10(2,8)9;1-4-5(2)3/h2-4H,1H3;6H,3-5H2,1-2H3;2,4H2,1,3H3. The normalized spacial score (nSPS) is 16.8. The van der Waals surface area contributed by atoms with E-state index in [1.807, 2.05) is 26.0 Å². The summed E-state index contributed by atoms with van der Waals surface area (Å²) in [5, 5.41) is 9.00. The minimum Gasteiger partial charge on any atom is -0.213 e. The molecule has 1 aromatic carbocycles. The second-order valence-corrected chi connectivity index (χ2v) is 8.81. The Morgan fingerprint density at radius 2 is 2.04 bits per heavy atom. The van der Waals surface area contributed by atoms with Crippen LogP contribution in [-0.4, -0.2) is 32.1 Å². The summed E-state index contributed by atoms with van der Waals surface area (Å²) in [7, 11) is -2.90. The Bertz CT molecular complexity index is 709. The summed E-state index contributed by atoms with van der Waals surface area (Å²) in [4.78, 5) is 0. The van der Waals surface area contributed by atoms with Crippen molar-refractivity contribution in [1.29, 1.82) is 5.26 Å². The van der Waals surface area contributed by atoms with E-state index in [1.54, 1.807) is 12.1 Å². The second kappa shape index (κ2) is 11.3. The molecule has 25 heavy (non-hydrogen) atoms. The van der Waals surface area contributed by atoms with Gasteiger partial charge in [0.15, 0.2) is 0 Å². The summed E-state index contributed by atoms with van der Waals surface area (Å²) < 4.78 is 23.3. The molecule has 1 heterocycles. The van der Waals surface area contributed by atoms with Crippen molar-refractivity contribution in [2.24, 2.45) is 5.92 Å². The van der Waals surface area contributed by atoms with Gasteiger partial charge >= 0.3 is 0 Å². The van der Waals surface area contributed by atoms with Gasteiger partial charge in [0.25, 0.3) is 0 Å². The van der Waals surface area contributed by atoms with Crippen molar-refractivity contribution in [3.63, 3.8) is 0 Å². The smallest absolute Gasteiger partial charge is 0.211 e. The average Bonchev–Trinajstić information content (AvgIpc) is 2.95. The number of hydrogen-bond donors (Lipinski definition) is 0. The van der Waals surface area contributed by atoms with Crippen LogP contribution in [0.2, 0.25) is 5.02 Å². The maximum absolute atomic E-state index is 10.9. The van der Waals surface area contributed by atoms with E-state index in [0.29, 0.717) is 29.6 Å². The number of halogens is 1. The molecule has 0 saturated carbocycles. The predicted octanol–water partition coefficient (Wildman–Crippen LogP) is 4.78. The molecule has 4 nitrogen and oxygen atoms in total. The number of nitrogens with zero attached hydrogens (tertiary/aromatic N) is 2. The first kappa shape index (κ1) is 23.6. The van der Waals surface area contributed by atoms with Crippen molar-refractivity contribution in [3.05, 3.63) is 46.5 Å². The highest BCUT2D eigenvalue weighted by Gasteiger charge is 2.25. The van der Waals surface area contributed by atoms with Crippen molar-refractivity contribution in [2.45, 2.75) is 40.5 Å². The van der Waals surface area contributed by atoms with Crippen LogP contribution in [0.5, 0.6) is 0 Å². The van der Waals surface area contributed by atoms with Crippen LogP contribution in [0.15, 0.2) is 30.4 Å². The molecule has 1 atom stereocenters. The maximum atomic E-state index is 10.9. The van der Waals surface area contributed by atoms with Gasteiger partial charge in [-0.1, -0.05) is 37.1 Å². The zero-order valence-corrected chi connectivity index (χ0v) is 17.4. The highest BCUT2D eigenvalue weighted by atomic mass is 35.5. The van der Waals surface area contributed by atoms with Crippen LogP contribution in [0, 0.1) is 24.2 Å². The quantitative estimate of drug-likeness (QED) is 0.689. The predicted molar refractivity (Wildman–Crippen MR) is 106 cm³/mol. The third kappa shape index (κ3) is 10.3. The Morgan fingerprint density at radius 1 is 1.48 bits per heavy atom. The Balaban J connectivity index is 0.000000368. The van der Waals surface area contributed by atoms with Gasteiger partial charge in [-0.05, 0) is 50.3 Å². The van der Waals surface area contributed by atoms with Crippen molar-refractivity contribution < 1.29 is 8.42 Å². The Hall–Kier alpha value is -1.35. The minimum absolute atomic E-state index is 0.530. The van der Waals surface area contributed by atoms with Crippen molar-refractivity contribution in [1.82, 2.24) is 4.31 Å². The van der Waals surface area contributed by atoms with E-state index >= 15 is 0 Å². The number of hydrogen-bond acceptors (Lipinski definition) is 3. The molecular formula is C19H29ClN2O2S. The van der Waals surface area contributed by atoms with E-state index in [2.05, 4.69) is 20.4 Å². The Kier molecular flexibility index (Phi) is 10.7. The fraction of sp³-hybridized carbons (Fsp3) is 0.526. The summed E-state index contributed by atoms with van der Waals surface area (Å²) in [6, 6.07) is 7.35. The van der Waals surface area contributed by atoms with Crippen molar-refractivity contribution >= 4 is 21.6 Å². The molecule has 0 bridgehead atoms. The lowest BCUT2D eigenvalue weighted by molar-refractivity contribution is 0.469. The van der Waals surface area contributed by atoms with Gasteiger partial charge in [0.1, 0.15) is 6.07 Å². The Labute approximate surface area is 158 Å². The molecule has 0 aromatic heterocycles. The third-order valence-electron chi connectivity index (χ3n) is 3.70. The van der Waals surface area contributed by atoms with Crippen LogP contribution < -0.4 is 0 Å². The number of sulfonamides is 1. The first-order valence-corrected chi connectivity index (χ1v) is 10.5. The van der Waals surface area contributed by atoms with Gasteiger partial charge in [-0.15, -0.1) is 6.58 Å². The van der Waals surface area contributed by atoms with Crippen LogP contribution >= 0.6 is 11.6 Å². The molecule has 140 valence electrons. The van der Waals surface area contributed by atoms with Gasteiger partial charge in [-0.2, -0.15) is 5.26 Å². The summed E-state index contributed by atoms with van der Waals surface area (Å²) in [6.45, 7) is 13.2. The molecule has 0 radical (unpaired) electrons. The SMILES string of the molecule is C=C(C)CC.CC1CCN(S(C)(=O)=O)C1.Cc1ccc(C#N)c(Cl)c1. The average molecular weight is 385 g/mol. The molecule has 1 saturated heterocycles. The van der Waals surface area contributed by atoms with E-state index in [0.717, 1.165) is 18.4 Å². The van der Waals surface area contributed by atoms with Crippen LogP contribution in [0.4, 0.5) is 0 Å². The van der Waals surface area contributed by atoms with E-state index in [4.69, 9.17) is 16.9 Å². The van der Waals surface area contributed by atoms with Gasteiger partial charge in [-0.25, -0.2) is 12.7 Å². The molecule has 0 spiro atoms. The molecule has 1 aliphatic rings. The number of allylic oxidation sites excluding steroid dienone is 1. The largest absolute Gasteiger partial charge is 0.213 e. The van der Waals surface area contributed by atoms with E-state index < -0.39 is 10.0 Å².